The van der Waals surface area contributed by atoms with Crippen molar-refractivity contribution in [1.29, 1.82) is 0 Å². The molecule has 0 unspecified atom stereocenters. The van der Waals surface area contributed by atoms with Gasteiger partial charge in [-0.2, -0.15) is 0 Å². The standard InChI is InChI=1S/C33H18O5S/c34-31-23-11-3-4-12-24(23)32(35)29-21(14-7-16-26(29)31)19-9-1-2-10-20(19)22-15-8-18-28-30(22)33(36)25-13-5-6-17-27(25)39(28,37)38/h1-18H. The van der Waals surface area contributed by atoms with Gasteiger partial charge in [0.25, 0.3) is 0 Å². The van der Waals surface area contributed by atoms with Crippen LogP contribution in [-0.2, 0) is 9.84 Å². The Bertz CT molecular complexity index is 2040. The summed E-state index contributed by atoms with van der Waals surface area (Å²) in [7, 11) is -3.93. The molecular weight excluding hydrogens is 508 g/mol. The molecule has 1 heterocycles. The average molecular weight is 527 g/mol. The van der Waals surface area contributed by atoms with Gasteiger partial charge in [0.15, 0.2) is 17.3 Å². The number of hydrogen-bond donors (Lipinski definition) is 0. The minimum atomic E-state index is -3.93. The van der Waals surface area contributed by atoms with Crippen LogP contribution in [0.5, 0.6) is 0 Å². The highest BCUT2D eigenvalue weighted by Gasteiger charge is 2.37. The van der Waals surface area contributed by atoms with Crippen LogP contribution in [0, 0.1) is 0 Å². The van der Waals surface area contributed by atoms with Crippen molar-refractivity contribution in [3.8, 4) is 22.3 Å². The maximum Gasteiger partial charge on any atom is 0.208 e. The SMILES string of the molecule is O=C1c2ccccc2C(=O)c2c1cccc2-c1ccccc1-c1cccc2c1C(=O)c1ccccc1S2(=O)=O. The Morgan fingerprint density at radius 1 is 0.333 bits per heavy atom. The van der Waals surface area contributed by atoms with E-state index in [1.807, 2.05) is 12.1 Å². The summed E-state index contributed by atoms with van der Waals surface area (Å²) >= 11 is 0. The molecule has 7 rings (SSSR count). The van der Waals surface area contributed by atoms with E-state index < -0.39 is 9.84 Å². The Labute approximate surface area is 224 Å². The Hall–Kier alpha value is -4.94. The van der Waals surface area contributed by atoms with E-state index in [1.54, 1.807) is 78.9 Å². The molecule has 6 heteroatoms. The lowest BCUT2D eigenvalue weighted by molar-refractivity contribution is 0.0979. The second-order valence-corrected chi connectivity index (χ2v) is 11.4. The van der Waals surface area contributed by atoms with Gasteiger partial charge in [0.2, 0.25) is 9.84 Å². The van der Waals surface area contributed by atoms with Gasteiger partial charge >= 0.3 is 0 Å². The monoisotopic (exact) mass is 526 g/mol. The summed E-state index contributed by atoms with van der Waals surface area (Å²) < 4.78 is 27.1. The second-order valence-electron chi connectivity index (χ2n) is 9.48. The lowest BCUT2D eigenvalue weighted by atomic mass is 9.79. The largest absolute Gasteiger partial charge is 0.289 e. The van der Waals surface area contributed by atoms with E-state index in [-0.39, 0.29) is 38.3 Å². The average Bonchev–Trinajstić information content (AvgIpc) is 2.98. The second kappa shape index (κ2) is 8.28. The highest BCUT2D eigenvalue weighted by Crippen LogP contribution is 2.43. The molecule has 0 saturated heterocycles. The molecule has 39 heavy (non-hydrogen) atoms. The molecular formula is C33H18O5S. The Kier molecular flexibility index (Phi) is 4.93. The molecule has 5 nitrogen and oxygen atoms in total. The first-order chi connectivity index (χ1) is 18.9. The molecule has 0 radical (unpaired) electrons. The number of ketones is 3. The van der Waals surface area contributed by atoms with Gasteiger partial charge in [-0.15, -0.1) is 0 Å². The van der Waals surface area contributed by atoms with Crippen molar-refractivity contribution in [3.63, 3.8) is 0 Å². The van der Waals surface area contributed by atoms with Crippen molar-refractivity contribution in [3.05, 3.63) is 143 Å². The molecule has 0 aromatic heterocycles. The van der Waals surface area contributed by atoms with Crippen LogP contribution in [0.15, 0.2) is 119 Å². The molecule has 0 spiro atoms. The number of hydrogen-bond acceptors (Lipinski definition) is 5. The fourth-order valence-electron chi connectivity index (χ4n) is 5.68. The molecule has 0 saturated carbocycles. The Balaban J connectivity index is 1.49. The fraction of sp³-hybridized carbons (Fsp3) is 0. The van der Waals surface area contributed by atoms with Crippen LogP contribution in [0.4, 0.5) is 0 Å². The van der Waals surface area contributed by atoms with Crippen LogP contribution < -0.4 is 0 Å². The van der Waals surface area contributed by atoms with E-state index in [0.29, 0.717) is 44.5 Å². The van der Waals surface area contributed by atoms with E-state index in [4.69, 9.17) is 0 Å². The molecule has 2 aliphatic rings. The van der Waals surface area contributed by atoms with Crippen LogP contribution in [0.25, 0.3) is 22.3 Å². The van der Waals surface area contributed by atoms with Crippen LogP contribution in [-0.4, -0.2) is 25.8 Å². The third-order valence-corrected chi connectivity index (χ3v) is 9.28. The summed E-state index contributed by atoms with van der Waals surface area (Å²) in [6.45, 7) is 0. The first-order valence-corrected chi connectivity index (χ1v) is 13.8. The summed E-state index contributed by atoms with van der Waals surface area (Å²) in [5.41, 5.74) is 3.74. The van der Waals surface area contributed by atoms with Crippen molar-refractivity contribution < 1.29 is 22.8 Å². The number of carbonyl (C=O) groups excluding carboxylic acids is 3. The van der Waals surface area contributed by atoms with E-state index >= 15 is 0 Å². The van der Waals surface area contributed by atoms with Gasteiger partial charge in [0.1, 0.15) is 0 Å². The van der Waals surface area contributed by atoms with E-state index in [9.17, 15) is 22.8 Å². The van der Waals surface area contributed by atoms with Crippen LogP contribution in [0.3, 0.4) is 0 Å². The normalized spacial score (nSPS) is 14.7. The quantitative estimate of drug-likeness (QED) is 0.269. The third-order valence-electron chi connectivity index (χ3n) is 7.42. The zero-order valence-corrected chi connectivity index (χ0v) is 21.2. The molecule has 1 aliphatic heterocycles. The maximum atomic E-state index is 13.7. The zero-order valence-electron chi connectivity index (χ0n) is 20.3. The summed E-state index contributed by atoms with van der Waals surface area (Å²) in [6.07, 6.45) is 0. The topological polar surface area (TPSA) is 85.3 Å². The molecule has 5 aromatic rings. The molecule has 0 fully saturated rings. The van der Waals surface area contributed by atoms with Crippen LogP contribution in [0.1, 0.15) is 47.8 Å². The molecule has 0 N–H and O–H groups in total. The first kappa shape index (κ1) is 23.2. The highest BCUT2D eigenvalue weighted by molar-refractivity contribution is 7.91. The summed E-state index contributed by atoms with van der Waals surface area (Å²) in [4.78, 5) is 40.8. The van der Waals surface area contributed by atoms with Crippen molar-refractivity contribution in [2.75, 3.05) is 0 Å². The number of sulfone groups is 1. The Morgan fingerprint density at radius 2 is 0.744 bits per heavy atom. The zero-order chi connectivity index (χ0) is 26.9. The van der Waals surface area contributed by atoms with E-state index in [2.05, 4.69) is 0 Å². The molecule has 0 amide bonds. The van der Waals surface area contributed by atoms with Crippen LogP contribution in [0.2, 0.25) is 0 Å². The van der Waals surface area contributed by atoms with Gasteiger partial charge in [0, 0.05) is 33.4 Å². The third kappa shape index (κ3) is 3.19. The van der Waals surface area contributed by atoms with Crippen molar-refractivity contribution in [2.24, 2.45) is 0 Å². The van der Waals surface area contributed by atoms with Crippen molar-refractivity contribution >= 4 is 27.2 Å². The summed E-state index contributed by atoms with van der Waals surface area (Å²) in [5, 5.41) is 0. The first-order valence-electron chi connectivity index (χ1n) is 12.3. The summed E-state index contributed by atoms with van der Waals surface area (Å²) in [5.74, 6) is -0.862. The molecule has 5 aromatic carbocycles. The van der Waals surface area contributed by atoms with Gasteiger partial charge in [-0.1, -0.05) is 91.0 Å². The maximum absolute atomic E-state index is 13.7. The lowest BCUT2D eigenvalue weighted by Gasteiger charge is -2.24. The van der Waals surface area contributed by atoms with E-state index in [0.717, 1.165) is 0 Å². The molecule has 0 atom stereocenters. The van der Waals surface area contributed by atoms with Gasteiger partial charge in [-0.3, -0.25) is 14.4 Å². The van der Waals surface area contributed by atoms with Gasteiger partial charge in [0.05, 0.1) is 9.79 Å². The van der Waals surface area contributed by atoms with Crippen LogP contribution >= 0.6 is 0 Å². The molecule has 1 aliphatic carbocycles. The van der Waals surface area contributed by atoms with Crippen molar-refractivity contribution in [2.45, 2.75) is 9.79 Å². The lowest BCUT2D eigenvalue weighted by Crippen LogP contribution is -2.22. The number of benzene rings is 5. The van der Waals surface area contributed by atoms with Crippen molar-refractivity contribution in [1.82, 2.24) is 0 Å². The van der Waals surface area contributed by atoms with Gasteiger partial charge in [-0.05, 0) is 40.5 Å². The number of carbonyl (C=O) groups is 3. The highest BCUT2D eigenvalue weighted by atomic mass is 32.2. The Morgan fingerprint density at radius 3 is 1.41 bits per heavy atom. The molecule has 0 bridgehead atoms. The van der Waals surface area contributed by atoms with Gasteiger partial charge < -0.3 is 0 Å². The summed E-state index contributed by atoms with van der Waals surface area (Å²) in [6, 6.07) is 30.1. The molecule has 186 valence electrons. The predicted octanol–water partition coefficient (Wildman–Crippen LogP) is 6.17. The minimum Gasteiger partial charge on any atom is -0.289 e. The minimum absolute atomic E-state index is 0.00663. The fourth-order valence-corrected chi connectivity index (χ4v) is 7.35. The number of fused-ring (bicyclic) bond motifs is 4. The predicted molar refractivity (Wildman–Crippen MR) is 146 cm³/mol. The van der Waals surface area contributed by atoms with Gasteiger partial charge in [-0.25, -0.2) is 8.42 Å². The van der Waals surface area contributed by atoms with E-state index in [1.165, 1.54) is 18.2 Å². The number of rotatable bonds is 2. The smallest absolute Gasteiger partial charge is 0.208 e.